The lowest BCUT2D eigenvalue weighted by Gasteiger charge is -2.27. The first kappa shape index (κ1) is 13.0. The molecule has 0 spiro atoms. The van der Waals surface area contributed by atoms with Gasteiger partial charge in [0.2, 0.25) is 0 Å². The summed E-state index contributed by atoms with van der Waals surface area (Å²) in [5.74, 6) is 0. The summed E-state index contributed by atoms with van der Waals surface area (Å²) in [7, 11) is 0. The summed E-state index contributed by atoms with van der Waals surface area (Å²) in [4.78, 5) is 13.6. The predicted octanol–water partition coefficient (Wildman–Crippen LogP) is 1.93. The number of hydrogen-bond acceptors (Lipinski definition) is 3. The number of carbonyl (C=O) groups is 1. The van der Waals surface area contributed by atoms with E-state index in [0.717, 1.165) is 19.4 Å². The van der Waals surface area contributed by atoms with Crippen molar-refractivity contribution in [3.05, 3.63) is 12.2 Å². The molecule has 0 unspecified atom stereocenters. The summed E-state index contributed by atoms with van der Waals surface area (Å²) in [6.45, 7) is 6.33. The molecule has 0 bridgehead atoms. The smallest absolute Gasteiger partial charge is 0.410 e. The molecule has 0 aromatic carbocycles. The molecule has 4 nitrogen and oxygen atoms in total. The summed E-state index contributed by atoms with van der Waals surface area (Å²) >= 11 is 0. The van der Waals surface area contributed by atoms with Crippen molar-refractivity contribution >= 4 is 6.09 Å². The molecule has 0 aromatic heterocycles. The van der Waals surface area contributed by atoms with Crippen molar-refractivity contribution in [2.45, 2.75) is 45.3 Å². The first-order valence-electron chi connectivity index (χ1n) is 5.71. The normalized spacial score (nSPS) is 21.8. The molecule has 0 saturated carbocycles. The van der Waals surface area contributed by atoms with Gasteiger partial charge in [-0.2, -0.15) is 0 Å². The number of nitrogens with zero attached hydrogens (tertiary/aromatic N) is 1. The van der Waals surface area contributed by atoms with E-state index in [4.69, 9.17) is 9.84 Å². The number of amides is 1. The molecule has 1 atom stereocenters. The van der Waals surface area contributed by atoms with Crippen molar-refractivity contribution in [1.82, 2.24) is 4.90 Å². The van der Waals surface area contributed by atoms with Crippen LogP contribution in [-0.2, 0) is 4.74 Å². The Bertz CT molecular complexity index is 268. The van der Waals surface area contributed by atoms with Crippen LogP contribution < -0.4 is 0 Å². The maximum Gasteiger partial charge on any atom is 0.410 e. The molecule has 1 rings (SSSR count). The van der Waals surface area contributed by atoms with Gasteiger partial charge in [0.1, 0.15) is 5.60 Å². The third-order valence-electron chi connectivity index (χ3n) is 2.39. The van der Waals surface area contributed by atoms with Gasteiger partial charge in [0.05, 0.1) is 12.6 Å². The summed E-state index contributed by atoms with van der Waals surface area (Å²) in [5, 5.41) is 8.72. The highest BCUT2D eigenvalue weighted by Gasteiger charge is 2.30. The third kappa shape index (κ3) is 3.85. The fourth-order valence-electron chi connectivity index (χ4n) is 1.76. The molecule has 1 N–H and O–H groups in total. The Morgan fingerprint density at radius 3 is 2.81 bits per heavy atom. The Hall–Kier alpha value is -1.03. The van der Waals surface area contributed by atoms with Crippen LogP contribution >= 0.6 is 0 Å². The second-order valence-corrected chi connectivity index (χ2v) is 4.99. The van der Waals surface area contributed by atoms with Crippen LogP contribution in [0.1, 0.15) is 33.6 Å². The van der Waals surface area contributed by atoms with Crippen LogP contribution in [0.4, 0.5) is 4.79 Å². The van der Waals surface area contributed by atoms with E-state index in [1.807, 2.05) is 26.8 Å². The minimum absolute atomic E-state index is 0.0126. The summed E-state index contributed by atoms with van der Waals surface area (Å²) in [5.41, 5.74) is -0.453. The highest BCUT2D eigenvalue weighted by Crippen LogP contribution is 2.21. The molecule has 1 fully saturated rings. The van der Waals surface area contributed by atoms with E-state index in [-0.39, 0.29) is 18.7 Å². The fourth-order valence-corrected chi connectivity index (χ4v) is 1.76. The van der Waals surface area contributed by atoms with E-state index < -0.39 is 5.60 Å². The fraction of sp³-hybridized carbons (Fsp3) is 0.750. The zero-order valence-corrected chi connectivity index (χ0v) is 10.3. The van der Waals surface area contributed by atoms with Gasteiger partial charge in [-0.15, -0.1) is 0 Å². The molecule has 92 valence electrons. The lowest BCUT2D eigenvalue weighted by atomic mass is 10.2. The summed E-state index contributed by atoms with van der Waals surface area (Å²) < 4.78 is 5.32. The average Bonchev–Trinajstić information content (AvgIpc) is 2.59. The number of likely N-dealkylation sites (tertiary alicyclic amines) is 1. The van der Waals surface area contributed by atoms with Crippen LogP contribution in [-0.4, -0.2) is 40.9 Å². The van der Waals surface area contributed by atoms with Crippen molar-refractivity contribution < 1.29 is 14.6 Å². The van der Waals surface area contributed by atoms with Crippen LogP contribution in [0.25, 0.3) is 0 Å². The van der Waals surface area contributed by atoms with E-state index in [0.29, 0.717) is 0 Å². The molecule has 1 aliphatic heterocycles. The number of ether oxygens (including phenoxy) is 1. The maximum absolute atomic E-state index is 11.8. The topological polar surface area (TPSA) is 49.8 Å². The SMILES string of the molecule is CC(C)(C)OC(=O)N1CCC[C@H]1C=CCO. The number of aliphatic hydroxyl groups excluding tert-OH is 1. The number of hydrogen-bond donors (Lipinski definition) is 1. The third-order valence-corrected chi connectivity index (χ3v) is 2.39. The molecular weight excluding hydrogens is 206 g/mol. The van der Waals surface area contributed by atoms with Gasteiger partial charge in [-0.05, 0) is 33.6 Å². The van der Waals surface area contributed by atoms with Gasteiger partial charge in [0, 0.05) is 6.54 Å². The number of carbonyl (C=O) groups excluding carboxylic acids is 1. The van der Waals surface area contributed by atoms with Gasteiger partial charge in [0.25, 0.3) is 0 Å². The molecular formula is C12H21NO3. The van der Waals surface area contributed by atoms with Crippen LogP contribution in [0, 0.1) is 0 Å². The Morgan fingerprint density at radius 2 is 2.25 bits per heavy atom. The average molecular weight is 227 g/mol. The second-order valence-electron chi connectivity index (χ2n) is 4.99. The van der Waals surface area contributed by atoms with Gasteiger partial charge in [-0.1, -0.05) is 12.2 Å². The van der Waals surface area contributed by atoms with Crippen molar-refractivity contribution in [1.29, 1.82) is 0 Å². The Morgan fingerprint density at radius 1 is 1.56 bits per heavy atom. The molecule has 16 heavy (non-hydrogen) atoms. The van der Waals surface area contributed by atoms with E-state index in [2.05, 4.69) is 0 Å². The highest BCUT2D eigenvalue weighted by atomic mass is 16.6. The Kier molecular flexibility index (Phi) is 4.35. The molecule has 4 heteroatoms. The van der Waals surface area contributed by atoms with E-state index in [1.54, 1.807) is 11.0 Å². The number of rotatable bonds is 2. The van der Waals surface area contributed by atoms with Gasteiger partial charge < -0.3 is 14.7 Å². The lowest BCUT2D eigenvalue weighted by molar-refractivity contribution is 0.0255. The van der Waals surface area contributed by atoms with Crippen molar-refractivity contribution in [3.63, 3.8) is 0 Å². The maximum atomic E-state index is 11.8. The molecule has 0 aliphatic carbocycles. The standard InChI is InChI=1S/C12H21NO3/c1-12(2,3)16-11(15)13-8-4-6-10(13)7-5-9-14/h5,7,10,14H,4,6,8-9H2,1-3H3/t10-/m0/s1. The summed E-state index contributed by atoms with van der Waals surface area (Å²) in [6, 6.07) is 0.0713. The second kappa shape index (κ2) is 5.34. The van der Waals surface area contributed by atoms with Crippen LogP contribution in [0.15, 0.2) is 12.2 Å². The van der Waals surface area contributed by atoms with Crippen LogP contribution in [0.3, 0.4) is 0 Å². The molecule has 1 heterocycles. The lowest BCUT2D eigenvalue weighted by Crippen LogP contribution is -2.39. The highest BCUT2D eigenvalue weighted by molar-refractivity contribution is 5.69. The van der Waals surface area contributed by atoms with Crippen LogP contribution in [0.5, 0.6) is 0 Å². The van der Waals surface area contributed by atoms with Gasteiger partial charge >= 0.3 is 6.09 Å². The zero-order chi connectivity index (χ0) is 12.2. The Labute approximate surface area is 96.9 Å². The minimum Gasteiger partial charge on any atom is -0.444 e. The molecule has 1 saturated heterocycles. The minimum atomic E-state index is -0.453. The molecule has 1 amide bonds. The van der Waals surface area contributed by atoms with Crippen molar-refractivity contribution in [3.8, 4) is 0 Å². The van der Waals surface area contributed by atoms with Crippen molar-refractivity contribution in [2.75, 3.05) is 13.2 Å². The van der Waals surface area contributed by atoms with Gasteiger partial charge in [0.15, 0.2) is 0 Å². The molecule has 1 aliphatic rings. The molecule has 0 aromatic rings. The van der Waals surface area contributed by atoms with E-state index >= 15 is 0 Å². The zero-order valence-electron chi connectivity index (χ0n) is 10.3. The summed E-state index contributed by atoms with van der Waals surface area (Å²) in [6.07, 6.45) is 5.21. The van der Waals surface area contributed by atoms with E-state index in [9.17, 15) is 4.79 Å². The number of aliphatic hydroxyl groups is 1. The van der Waals surface area contributed by atoms with Crippen molar-refractivity contribution in [2.24, 2.45) is 0 Å². The van der Waals surface area contributed by atoms with Gasteiger partial charge in [-0.25, -0.2) is 4.79 Å². The molecule has 0 radical (unpaired) electrons. The largest absolute Gasteiger partial charge is 0.444 e. The predicted molar refractivity (Wildman–Crippen MR) is 62.2 cm³/mol. The van der Waals surface area contributed by atoms with Crippen LogP contribution in [0.2, 0.25) is 0 Å². The monoisotopic (exact) mass is 227 g/mol. The first-order chi connectivity index (χ1) is 7.44. The quantitative estimate of drug-likeness (QED) is 0.733. The first-order valence-corrected chi connectivity index (χ1v) is 5.71. The van der Waals surface area contributed by atoms with Gasteiger partial charge in [-0.3, -0.25) is 0 Å². The Balaban J connectivity index is 2.57. The van der Waals surface area contributed by atoms with E-state index in [1.165, 1.54) is 0 Å².